The lowest BCUT2D eigenvalue weighted by molar-refractivity contribution is -0.197. The van der Waals surface area contributed by atoms with Crippen LogP contribution in [0.2, 0.25) is 5.02 Å². The minimum atomic E-state index is -3.01. The second kappa shape index (κ2) is 7.94. The van der Waals surface area contributed by atoms with Crippen LogP contribution in [0.3, 0.4) is 0 Å². The van der Waals surface area contributed by atoms with Crippen molar-refractivity contribution in [3.63, 3.8) is 0 Å². The maximum absolute atomic E-state index is 13.8. The molecule has 11 heteroatoms. The molecule has 3 aliphatic carbocycles. The number of hydrogen-bond donors (Lipinski definition) is 4. The van der Waals surface area contributed by atoms with Crippen molar-refractivity contribution in [2.24, 2.45) is 29.4 Å². The number of fused-ring (bicyclic) bond motifs is 3. The van der Waals surface area contributed by atoms with E-state index in [1.54, 1.807) is 13.8 Å². The van der Waals surface area contributed by atoms with Crippen LogP contribution in [0, 0.1) is 23.7 Å². The first kappa shape index (κ1) is 24.5. The molecule has 4 rings (SSSR count). The minimum Gasteiger partial charge on any atom is -0.506 e. The van der Waals surface area contributed by atoms with Gasteiger partial charge in [0.1, 0.15) is 5.75 Å². The van der Waals surface area contributed by atoms with Crippen LogP contribution < -0.4 is 5.73 Å². The normalized spacial score (nSPS) is 37.3. The number of nitrogens with two attached hydrogens (primary N) is 1. The predicted molar refractivity (Wildman–Crippen MR) is 117 cm³/mol. The van der Waals surface area contributed by atoms with E-state index >= 15 is 0 Å². The van der Waals surface area contributed by atoms with E-state index in [-0.39, 0.29) is 17.1 Å². The number of aromatic hydroxyl groups is 1. The third kappa shape index (κ3) is 2.89. The van der Waals surface area contributed by atoms with Gasteiger partial charge in [-0.15, -0.1) is 0 Å². The van der Waals surface area contributed by atoms with Crippen molar-refractivity contribution in [2.75, 3.05) is 13.6 Å². The van der Waals surface area contributed by atoms with E-state index in [1.807, 2.05) is 0 Å². The van der Waals surface area contributed by atoms with Crippen LogP contribution in [-0.2, 0) is 19.2 Å². The summed E-state index contributed by atoms with van der Waals surface area (Å²) in [6.45, 7) is 3.53. The fourth-order valence-electron chi connectivity index (χ4n) is 6.08. The summed E-state index contributed by atoms with van der Waals surface area (Å²) in [5.41, 5.74) is 2.40. The summed E-state index contributed by atoms with van der Waals surface area (Å²) in [7, 11) is 1.49. The molecule has 0 radical (unpaired) electrons. The number of likely N-dealkylation sites (N-methyl/N-ethyl adjacent to an activating group) is 1. The third-order valence-corrected chi connectivity index (χ3v) is 8.16. The Morgan fingerprint density at radius 3 is 2.38 bits per heavy atom. The number of Topliss-reactive ketones (excluding diaryl/α,β-unsaturated/α-hetero) is 4. The average Bonchev–Trinajstić information content (AvgIpc) is 2.77. The molecule has 2 saturated carbocycles. The number of rotatable bonds is 3. The Morgan fingerprint density at radius 2 is 1.82 bits per heavy atom. The Labute approximate surface area is 199 Å². The molecule has 8 unspecified atom stereocenters. The number of aliphatic hydroxyl groups is 2. The van der Waals surface area contributed by atoms with Crippen LogP contribution in [0.4, 0.5) is 0 Å². The maximum atomic E-state index is 13.8. The Morgan fingerprint density at radius 1 is 1.21 bits per heavy atom. The van der Waals surface area contributed by atoms with Gasteiger partial charge >= 0.3 is 0 Å². The number of hydrogen-bond acceptors (Lipinski definition) is 9. The lowest BCUT2D eigenvalue weighted by Crippen LogP contribution is -2.78. The first-order valence-corrected chi connectivity index (χ1v) is 11.3. The molecule has 10 nitrogen and oxygen atoms in total. The van der Waals surface area contributed by atoms with Crippen molar-refractivity contribution in [3.05, 3.63) is 28.3 Å². The molecule has 0 bridgehead atoms. The number of halogens is 1. The van der Waals surface area contributed by atoms with E-state index in [2.05, 4.69) is 0 Å². The third-order valence-electron chi connectivity index (χ3n) is 7.86. The molecule has 182 valence electrons. The van der Waals surface area contributed by atoms with Gasteiger partial charge in [0, 0.05) is 5.92 Å². The van der Waals surface area contributed by atoms with Crippen molar-refractivity contribution in [1.29, 1.82) is 0 Å². The van der Waals surface area contributed by atoms with Gasteiger partial charge in [-0.1, -0.05) is 31.5 Å². The minimum absolute atomic E-state index is 0.129. The first-order chi connectivity index (χ1) is 15.8. The fraction of sp³-hybridized carbons (Fsp3) is 0.522. The van der Waals surface area contributed by atoms with E-state index < -0.39 is 82.1 Å². The molecule has 0 heterocycles. The number of nitrogens with zero attached hydrogens (tertiary/aromatic N) is 1. The van der Waals surface area contributed by atoms with Gasteiger partial charge in [-0.2, -0.15) is 0 Å². The molecular weight excluding hydrogens is 468 g/mol. The number of carbonyl (C=O) groups excluding carboxylic acids is 5. The van der Waals surface area contributed by atoms with Gasteiger partial charge in [-0.3, -0.25) is 28.9 Å². The second-order valence-electron chi connectivity index (χ2n) is 9.34. The van der Waals surface area contributed by atoms with Crippen molar-refractivity contribution in [2.45, 2.75) is 37.5 Å². The van der Waals surface area contributed by atoms with Gasteiger partial charge in [0.25, 0.3) is 0 Å². The number of benzene rings is 1. The lowest BCUT2D eigenvalue weighted by Gasteiger charge is -2.56. The Balaban J connectivity index is 1.97. The first-order valence-electron chi connectivity index (χ1n) is 10.9. The summed E-state index contributed by atoms with van der Waals surface area (Å²) < 4.78 is 0. The molecule has 1 aromatic rings. The highest BCUT2D eigenvalue weighted by molar-refractivity contribution is 6.34. The highest BCUT2D eigenvalue weighted by atomic mass is 35.5. The molecule has 5 N–H and O–H groups in total. The lowest BCUT2D eigenvalue weighted by atomic mass is 9.49. The van der Waals surface area contributed by atoms with Crippen LogP contribution in [0.25, 0.3) is 0 Å². The molecule has 8 atom stereocenters. The van der Waals surface area contributed by atoms with E-state index in [9.17, 15) is 39.3 Å². The number of primary amides is 1. The zero-order valence-electron chi connectivity index (χ0n) is 18.7. The van der Waals surface area contributed by atoms with Crippen LogP contribution in [0.15, 0.2) is 12.1 Å². The largest absolute Gasteiger partial charge is 0.506 e. The highest BCUT2D eigenvalue weighted by Crippen LogP contribution is 2.54. The van der Waals surface area contributed by atoms with Crippen molar-refractivity contribution in [1.82, 2.24) is 4.90 Å². The monoisotopic (exact) mass is 492 g/mol. The molecule has 3 aliphatic rings. The van der Waals surface area contributed by atoms with E-state index in [0.29, 0.717) is 5.56 Å². The zero-order chi connectivity index (χ0) is 25.4. The van der Waals surface area contributed by atoms with Crippen LogP contribution in [0.5, 0.6) is 5.75 Å². The molecule has 34 heavy (non-hydrogen) atoms. The standard InChI is InChI=1S/C23H25ClN2O8/c1-4-26(3)15-14-18(29)10-7(2)8-5-6-9(24)16(27)11(8)17(28)12(10)20(31)23(14,34)21(32)13(19(15)30)22(25)33/h5-7,10,12-15,18,27,29,34H,4H2,1-3H3,(H2,25,33). The zero-order valence-corrected chi connectivity index (χ0v) is 19.4. The highest BCUT2D eigenvalue weighted by Gasteiger charge is 2.73. The van der Waals surface area contributed by atoms with Gasteiger partial charge in [0.15, 0.2) is 34.7 Å². The summed E-state index contributed by atoms with van der Waals surface area (Å²) in [6, 6.07) is 1.50. The fourth-order valence-corrected chi connectivity index (χ4v) is 6.23. The topological polar surface area (TPSA) is 175 Å². The van der Waals surface area contributed by atoms with Crippen LogP contribution in [0.1, 0.15) is 35.7 Å². The molecule has 1 amide bonds. The van der Waals surface area contributed by atoms with E-state index in [1.165, 1.54) is 24.1 Å². The molecule has 0 aliphatic heterocycles. The predicted octanol–water partition coefficient (Wildman–Crippen LogP) is -0.558. The number of amides is 1. The van der Waals surface area contributed by atoms with Crippen LogP contribution in [-0.4, -0.2) is 80.6 Å². The van der Waals surface area contributed by atoms with Gasteiger partial charge < -0.3 is 21.1 Å². The quantitative estimate of drug-likeness (QED) is 0.403. The molecular formula is C23H25ClN2O8. The van der Waals surface area contributed by atoms with Gasteiger partial charge in [-0.05, 0) is 31.1 Å². The van der Waals surface area contributed by atoms with Crippen molar-refractivity contribution >= 4 is 40.6 Å². The smallest absolute Gasteiger partial charge is 0.235 e. The average molecular weight is 493 g/mol. The van der Waals surface area contributed by atoms with E-state index in [4.69, 9.17) is 17.3 Å². The Hall–Kier alpha value is -2.66. The summed E-state index contributed by atoms with van der Waals surface area (Å²) in [5, 5.41) is 33.4. The summed E-state index contributed by atoms with van der Waals surface area (Å²) >= 11 is 5.97. The molecule has 1 aromatic carbocycles. The molecule has 0 saturated heterocycles. The number of aliphatic hydroxyl groups excluding tert-OH is 1. The maximum Gasteiger partial charge on any atom is 0.235 e. The van der Waals surface area contributed by atoms with Gasteiger partial charge in [0.05, 0.1) is 34.6 Å². The summed E-state index contributed by atoms with van der Waals surface area (Å²) in [6.07, 6.45) is -1.65. The molecule has 2 fully saturated rings. The van der Waals surface area contributed by atoms with Gasteiger partial charge in [0.2, 0.25) is 5.91 Å². The number of carbonyl (C=O) groups is 5. The van der Waals surface area contributed by atoms with E-state index in [0.717, 1.165) is 0 Å². The molecule has 0 spiro atoms. The second-order valence-corrected chi connectivity index (χ2v) is 9.74. The number of ketones is 4. The SMILES string of the molecule is CCN(C)C1C(=O)C(C(N)=O)C(=O)C2(O)C(=O)C3C(=O)c4c(ccc(Cl)c4O)C(C)C3C(O)C12. The Kier molecular flexibility index (Phi) is 5.72. The number of phenolic OH excluding ortho intramolecular Hbond substituents is 1. The summed E-state index contributed by atoms with van der Waals surface area (Å²) in [5.74, 6) is -13.6. The van der Waals surface area contributed by atoms with Crippen LogP contribution >= 0.6 is 11.6 Å². The summed E-state index contributed by atoms with van der Waals surface area (Å²) in [4.78, 5) is 67.2. The Bertz CT molecular complexity index is 1150. The van der Waals surface area contributed by atoms with Gasteiger partial charge in [-0.25, -0.2) is 0 Å². The van der Waals surface area contributed by atoms with Crippen molar-refractivity contribution in [3.8, 4) is 5.75 Å². The number of phenols is 1. The van der Waals surface area contributed by atoms with Crippen molar-refractivity contribution < 1.29 is 39.3 Å². The molecule has 0 aromatic heterocycles.